The summed E-state index contributed by atoms with van der Waals surface area (Å²) in [6.45, 7) is 0.741. The van der Waals surface area contributed by atoms with Gasteiger partial charge in [0.05, 0.1) is 12.0 Å². The smallest absolute Gasteiger partial charge is 0.335 e. The summed E-state index contributed by atoms with van der Waals surface area (Å²) in [4.78, 5) is 14.8. The zero-order chi connectivity index (χ0) is 15.7. The molecule has 0 bridgehead atoms. The maximum Gasteiger partial charge on any atom is 0.393 e. The molecule has 1 aliphatic heterocycles. The number of hydrogen-bond acceptors (Lipinski definition) is 2. The van der Waals surface area contributed by atoms with Crippen LogP contribution in [0.25, 0.3) is 0 Å². The van der Waals surface area contributed by atoms with Crippen LogP contribution in [0.4, 0.5) is 13.2 Å². The number of piperidine rings is 1. The van der Waals surface area contributed by atoms with Gasteiger partial charge >= 0.3 is 6.18 Å². The molecule has 122 valence electrons. The Morgan fingerprint density at radius 2 is 1.95 bits per heavy atom. The van der Waals surface area contributed by atoms with Crippen molar-refractivity contribution in [1.29, 1.82) is 0 Å². The Bertz CT molecular complexity index is 538. The first kappa shape index (κ1) is 15.8. The highest BCUT2D eigenvalue weighted by atomic mass is 32.1. The number of nitrogens with zero attached hydrogens (tertiary/aromatic N) is 1. The number of rotatable bonds is 2. The Kier molecular flexibility index (Phi) is 4.48. The second kappa shape index (κ2) is 6.22. The third kappa shape index (κ3) is 3.47. The van der Waals surface area contributed by atoms with Gasteiger partial charge in [-0.1, -0.05) is 12.8 Å². The maximum atomic E-state index is 12.7. The van der Waals surface area contributed by atoms with Gasteiger partial charge in [0.1, 0.15) is 0 Å². The van der Waals surface area contributed by atoms with Gasteiger partial charge in [0.2, 0.25) is 0 Å². The molecule has 1 amide bonds. The van der Waals surface area contributed by atoms with Crippen LogP contribution in [-0.2, 0) is 6.42 Å². The van der Waals surface area contributed by atoms with Crippen molar-refractivity contribution in [3.05, 3.63) is 21.9 Å². The minimum absolute atomic E-state index is 0.0822. The summed E-state index contributed by atoms with van der Waals surface area (Å²) in [5.74, 6) is 0.501. The number of carbonyl (C=O) groups is 1. The summed E-state index contributed by atoms with van der Waals surface area (Å²) in [6.07, 6.45) is 1.62. The van der Waals surface area contributed by atoms with E-state index < -0.39 is 12.6 Å². The maximum absolute atomic E-state index is 12.7. The number of halogens is 3. The average molecular weight is 331 g/mol. The van der Waals surface area contributed by atoms with Crippen molar-refractivity contribution in [3.8, 4) is 0 Å². The minimum atomic E-state index is -4.22. The van der Waals surface area contributed by atoms with Gasteiger partial charge in [-0.25, -0.2) is 0 Å². The summed E-state index contributed by atoms with van der Waals surface area (Å²) < 4.78 is 37.3. The fourth-order valence-electron chi connectivity index (χ4n) is 3.83. The Labute approximate surface area is 132 Å². The van der Waals surface area contributed by atoms with Crippen molar-refractivity contribution in [2.24, 2.45) is 5.92 Å². The molecule has 2 nitrogen and oxygen atoms in total. The van der Waals surface area contributed by atoms with Crippen molar-refractivity contribution in [2.45, 2.75) is 57.2 Å². The number of thiophene rings is 1. The summed E-state index contributed by atoms with van der Waals surface area (Å²) in [5, 5.41) is 1.58. The molecule has 2 aliphatic rings. The Balaban J connectivity index is 1.72. The van der Waals surface area contributed by atoms with Crippen LogP contribution in [0.2, 0.25) is 0 Å². The lowest BCUT2D eigenvalue weighted by atomic mass is 9.78. The number of amides is 1. The number of hydrogen-bond donors (Lipinski definition) is 0. The van der Waals surface area contributed by atoms with Crippen LogP contribution in [0.5, 0.6) is 0 Å². The highest BCUT2D eigenvalue weighted by molar-refractivity contribution is 7.10. The van der Waals surface area contributed by atoms with Crippen LogP contribution >= 0.6 is 11.3 Å². The summed E-state index contributed by atoms with van der Waals surface area (Å²) >= 11 is 1.03. The average Bonchev–Trinajstić information content (AvgIpc) is 2.92. The van der Waals surface area contributed by atoms with Crippen molar-refractivity contribution in [1.82, 2.24) is 4.90 Å². The SMILES string of the molecule is O=C(c1csc(CC(F)(F)F)c1)N1CCCC2CCCCC21. The topological polar surface area (TPSA) is 20.3 Å². The largest absolute Gasteiger partial charge is 0.393 e. The molecule has 3 rings (SSSR count). The second-order valence-corrected chi connectivity index (χ2v) is 7.34. The van der Waals surface area contributed by atoms with E-state index in [-0.39, 0.29) is 10.8 Å². The zero-order valence-corrected chi connectivity index (χ0v) is 13.2. The van der Waals surface area contributed by atoms with E-state index >= 15 is 0 Å². The van der Waals surface area contributed by atoms with E-state index in [4.69, 9.17) is 0 Å². The van der Waals surface area contributed by atoms with Gasteiger partial charge < -0.3 is 4.90 Å². The lowest BCUT2D eigenvalue weighted by Gasteiger charge is -2.44. The molecule has 1 saturated heterocycles. The number of likely N-dealkylation sites (tertiary alicyclic amines) is 1. The molecular formula is C16H20F3NOS. The molecule has 0 spiro atoms. The standard InChI is InChI=1S/C16H20F3NOS/c17-16(18,19)9-13-8-12(10-22-13)15(21)20-7-3-5-11-4-1-2-6-14(11)20/h8,10-11,14H,1-7,9H2. The first-order valence-electron chi connectivity index (χ1n) is 7.89. The highest BCUT2D eigenvalue weighted by Crippen LogP contribution is 2.36. The monoisotopic (exact) mass is 331 g/mol. The quantitative estimate of drug-likeness (QED) is 0.772. The van der Waals surface area contributed by atoms with Crippen LogP contribution in [0.15, 0.2) is 11.4 Å². The minimum Gasteiger partial charge on any atom is -0.335 e. The van der Waals surface area contributed by atoms with Crippen molar-refractivity contribution >= 4 is 17.2 Å². The zero-order valence-electron chi connectivity index (χ0n) is 12.4. The molecule has 0 radical (unpaired) electrons. The van der Waals surface area contributed by atoms with E-state index in [1.807, 2.05) is 4.90 Å². The highest BCUT2D eigenvalue weighted by Gasteiger charge is 2.36. The van der Waals surface area contributed by atoms with Gasteiger partial charge in [0.25, 0.3) is 5.91 Å². The van der Waals surface area contributed by atoms with E-state index in [9.17, 15) is 18.0 Å². The molecule has 1 aromatic rings. The van der Waals surface area contributed by atoms with E-state index in [0.29, 0.717) is 17.5 Å². The van der Waals surface area contributed by atoms with Crippen LogP contribution < -0.4 is 0 Å². The Hall–Kier alpha value is -1.04. The Morgan fingerprint density at radius 3 is 2.73 bits per heavy atom. The van der Waals surface area contributed by atoms with Crippen molar-refractivity contribution in [2.75, 3.05) is 6.54 Å². The summed E-state index contributed by atoms with van der Waals surface area (Å²) in [6, 6.07) is 1.72. The fourth-order valence-corrected chi connectivity index (χ4v) is 4.72. The van der Waals surface area contributed by atoms with Crippen LogP contribution in [0.3, 0.4) is 0 Å². The van der Waals surface area contributed by atoms with Crippen LogP contribution in [-0.4, -0.2) is 29.6 Å². The molecule has 2 atom stereocenters. The fraction of sp³-hybridized carbons (Fsp3) is 0.688. The molecule has 2 fully saturated rings. The van der Waals surface area contributed by atoms with Crippen molar-refractivity contribution in [3.63, 3.8) is 0 Å². The summed E-state index contributed by atoms with van der Waals surface area (Å²) in [5.41, 5.74) is 0.426. The van der Waals surface area contributed by atoms with Gasteiger partial charge in [-0.05, 0) is 37.7 Å². The first-order valence-corrected chi connectivity index (χ1v) is 8.77. The number of fused-ring (bicyclic) bond motifs is 1. The van der Waals surface area contributed by atoms with E-state index in [1.54, 1.807) is 5.38 Å². The van der Waals surface area contributed by atoms with E-state index in [1.165, 1.54) is 25.3 Å². The third-order valence-electron chi connectivity index (χ3n) is 4.78. The van der Waals surface area contributed by atoms with Gasteiger partial charge in [-0.3, -0.25) is 4.79 Å². The lowest BCUT2D eigenvalue weighted by molar-refractivity contribution is -0.126. The lowest BCUT2D eigenvalue weighted by Crippen LogP contribution is -2.49. The second-order valence-electron chi connectivity index (χ2n) is 6.35. The normalized spacial score (nSPS) is 25.9. The predicted molar refractivity (Wildman–Crippen MR) is 80.1 cm³/mol. The van der Waals surface area contributed by atoms with Gasteiger partial charge in [0, 0.05) is 22.8 Å². The molecule has 0 N–H and O–H groups in total. The number of alkyl halides is 3. The Morgan fingerprint density at radius 1 is 1.23 bits per heavy atom. The van der Waals surface area contributed by atoms with Crippen LogP contribution in [0, 0.1) is 5.92 Å². The predicted octanol–water partition coefficient (Wildman–Crippen LogP) is 4.65. The molecule has 1 aromatic heterocycles. The van der Waals surface area contributed by atoms with Gasteiger partial charge in [0.15, 0.2) is 0 Å². The summed E-state index contributed by atoms with van der Waals surface area (Å²) in [7, 11) is 0. The molecule has 1 aliphatic carbocycles. The molecule has 22 heavy (non-hydrogen) atoms. The van der Waals surface area contributed by atoms with E-state index in [2.05, 4.69) is 0 Å². The molecule has 2 heterocycles. The van der Waals surface area contributed by atoms with Gasteiger partial charge in [-0.2, -0.15) is 13.2 Å². The van der Waals surface area contributed by atoms with Crippen molar-refractivity contribution < 1.29 is 18.0 Å². The molecule has 2 unspecified atom stereocenters. The number of carbonyl (C=O) groups excluding carboxylic acids is 1. The van der Waals surface area contributed by atoms with E-state index in [0.717, 1.165) is 37.1 Å². The third-order valence-corrected chi connectivity index (χ3v) is 5.72. The van der Waals surface area contributed by atoms with Crippen LogP contribution in [0.1, 0.15) is 53.8 Å². The molecule has 6 heteroatoms. The first-order chi connectivity index (χ1) is 10.4. The molecule has 0 aromatic carbocycles. The molecule has 1 saturated carbocycles. The van der Waals surface area contributed by atoms with Gasteiger partial charge in [-0.15, -0.1) is 11.3 Å². The molecular weight excluding hydrogens is 311 g/mol.